The van der Waals surface area contributed by atoms with Crippen molar-refractivity contribution in [1.29, 1.82) is 0 Å². The van der Waals surface area contributed by atoms with Crippen molar-refractivity contribution >= 4 is 5.91 Å². The number of carbonyl (C=O) groups excluding carboxylic acids is 1. The molecule has 1 saturated heterocycles. The number of amides is 1. The van der Waals surface area contributed by atoms with E-state index in [1.807, 2.05) is 7.05 Å². The summed E-state index contributed by atoms with van der Waals surface area (Å²) in [6.45, 7) is 11.3. The van der Waals surface area contributed by atoms with E-state index in [1.54, 1.807) is 6.92 Å². The van der Waals surface area contributed by atoms with E-state index in [1.165, 1.54) is 6.42 Å². The van der Waals surface area contributed by atoms with E-state index < -0.39 is 0 Å². The summed E-state index contributed by atoms with van der Waals surface area (Å²) in [5, 5.41) is 5.90. The zero-order valence-electron chi connectivity index (χ0n) is 12.0. The van der Waals surface area contributed by atoms with Gasteiger partial charge in [0.25, 0.3) is 0 Å². The first-order valence-corrected chi connectivity index (χ1v) is 6.70. The van der Waals surface area contributed by atoms with Crippen LogP contribution in [0.2, 0.25) is 0 Å². The predicted octanol–water partition coefficient (Wildman–Crippen LogP) is 1.22. The molecule has 1 amide bonds. The smallest absolute Gasteiger partial charge is 0.217 e. The van der Waals surface area contributed by atoms with Gasteiger partial charge in [0.2, 0.25) is 5.91 Å². The number of hydrogen-bond donors (Lipinski definition) is 2. The van der Waals surface area contributed by atoms with E-state index in [0.29, 0.717) is 12.1 Å². The minimum Gasteiger partial charge on any atom is -0.352 e. The van der Waals surface area contributed by atoms with Crippen LogP contribution in [-0.4, -0.2) is 49.6 Å². The third kappa shape index (κ3) is 7.34. The summed E-state index contributed by atoms with van der Waals surface area (Å²) in [6.07, 6.45) is 2.29. The average molecular weight is 243 g/mol. The maximum absolute atomic E-state index is 10.8. The molecule has 0 spiro atoms. The second-order valence-electron chi connectivity index (χ2n) is 4.65. The lowest BCUT2D eigenvalue weighted by molar-refractivity contribution is -0.119. The summed E-state index contributed by atoms with van der Waals surface area (Å²) < 4.78 is 0. The molecule has 2 unspecified atom stereocenters. The Hall–Kier alpha value is -0.610. The fourth-order valence-corrected chi connectivity index (χ4v) is 1.85. The highest BCUT2D eigenvalue weighted by Crippen LogP contribution is 2.14. The normalized spacial score (nSPS) is 21.6. The molecular weight excluding hydrogens is 214 g/mol. The second-order valence-corrected chi connectivity index (χ2v) is 4.65. The SMILES string of the molecule is CCC(C)N1CCC(NC(C)=O)C1.CCNC. The molecule has 102 valence electrons. The molecule has 2 atom stereocenters. The summed E-state index contributed by atoms with van der Waals surface area (Å²) in [5.41, 5.74) is 0. The maximum atomic E-state index is 10.8. The van der Waals surface area contributed by atoms with Crippen molar-refractivity contribution < 1.29 is 4.79 Å². The molecule has 1 heterocycles. The van der Waals surface area contributed by atoms with Gasteiger partial charge < -0.3 is 10.6 Å². The zero-order valence-corrected chi connectivity index (χ0v) is 12.0. The zero-order chi connectivity index (χ0) is 13.3. The Morgan fingerprint density at radius 3 is 2.47 bits per heavy atom. The van der Waals surface area contributed by atoms with Crippen LogP contribution in [0.25, 0.3) is 0 Å². The number of nitrogens with one attached hydrogen (secondary N) is 2. The number of likely N-dealkylation sites (tertiary alicyclic amines) is 1. The minimum atomic E-state index is 0.0935. The van der Waals surface area contributed by atoms with Crippen LogP contribution in [0.4, 0.5) is 0 Å². The Labute approximate surface area is 106 Å². The first-order valence-electron chi connectivity index (χ1n) is 6.70. The highest BCUT2D eigenvalue weighted by molar-refractivity contribution is 5.73. The van der Waals surface area contributed by atoms with Crippen molar-refractivity contribution in [3.63, 3.8) is 0 Å². The van der Waals surface area contributed by atoms with Crippen LogP contribution in [0, 0.1) is 0 Å². The Balaban J connectivity index is 0.000000557. The van der Waals surface area contributed by atoms with E-state index in [-0.39, 0.29) is 5.91 Å². The molecule has 17 heavy (non-hydrogen) atoms. The topological polar surface area (TPSA) is 44.4 Å². The number of nitrogens with zero attached hydrogens (tertiary/aromatic N) is 1. The van der Waals surface area contributed by atoms with Crippen molar-refractivity contribution in [2.24, 2.45) is 0 Å². The summed E-state index contributed by atoms with van der Waals surface area (Å²) in [7, 11) is 1.93. The summed E-state index contributed by atoms with van der Waals surface area (Å²) in [6, 6.07) is 1.03. The number of carbonyl (C=O) groups is 1. The lowest BCUT2D eigenvalue weighted by Gasteiger charge is -2.22. The Morgan fingerprint density at radius 1 is 1.47 bits per heavy atom. The molecule has 1 fully saturated rings. The molecule has 0 aliphatic carbocycles. The molecule has 0 bridgehead atoms. The summed E-state index contributed by atoms with van der Waals surface area (Å²) in [5.74, 6) is 0.0935. The van der Waals surface area contributed by atoms with Crippen molar-refractivity contribution in [2.75, 3.05) is 26.7 Å². The molecule has 1 aliphatic rings. The van der Waals surface area contributed by atoms with E-state index in [2.05, 4.69) is 36.3 Å². The quantitative estimate of drug-likeness (QED) is 0.780. The molecule has 2 N–H and O–H groups in total. The van der Waals surface area contributed by atoms with Crippen molar-refractivity contribution in [1.82, 2.24) is 15.5 Å². The monoisotopic (exact) mass is 243 g/mol. The average Bonchev–Trinajstić information content (AvgIpc) is 2.76. The van der Waals surface area contributed by atoms with Crippen molar-refractivity contribution in [3.8, 4) is 0 Å². The van der Waals surface area contributed by atoms with Crippen LogP contribution in [-0.2, 0) is 4.79 Å². The standard InChI is InChI=1S/C10H20N2O.C3H9N/c1-4-8(2)12-6-5-10(7-12)11-9(3)13;1-3-4-2/h8,10H,4-7H2,1-3H3,(H,11,13);4H,3H2,1-2H3. The van der Waals surface area contributed by atoms with E-state index in [4.69, 9.17) is 0 Å². The lowest BCUT2D eigenvalue weighted by Crippen LogP contribution is -2.37. The molecule has 1 rings (SSSR count). The third-order valence-electron chi connectivity index (χ3n) is 3.19. The van der Waals surface area contributed by atoms with Gasteiger partial charge in [0, 0.05) is 32.1 Å². The molecule has 0 radical (unpaired) electrons. The highest BCUT2D eigenvalue weighted by atomic mass is 16.1. The van der Waals surface area contributed by atoms with Gasteiger partial charge in [-0.25, -0.2) is 0 Å². The van der Waals surface area contributed by atoms with Gasteiger partial charge in [0.1, 0.15) is 0 Å². The van der Waals surface area contributed by atoms with Crippen LogP contribution in [0.5, 0.6) is 0 Å². The van der Waals surface area contributed by atoms with Gasteiger partial charge in [-0.15, -0.1) is 0 Å². The molecule has 1 aliphatic heterocycles. The summed E-state index contributed by atoms with van der Waals surface area (Å²) in [4.78, 5) is 13.3. The Bertz CT molecular complexity index is 207. The molecule has 4 nitrogen and oxygen atoms in total. The van der Waals surface area contributed by atoms with Crippen molar-refractivity contribution in [3.05, 3.63) is 0 Å². The van der Waals surface area contributed by atoms with Gasteiger partial charge in [-0.05, 0) is 33.4 Å². The van der Waals surface area contributed by atoms with E-state index in [0.717, 1.165) is 26.1 Å². The third-order valence-corrected chi connectivity index (χ3v) is 3.19. The van der Waals surface area contributed by atoms with Gasteiger partial charge >= 0.3 is 0 Å². The number of rotatable bonds is 4. The fourth-order valence-electron chi connectivity index (χ4n) is 1.85. The van der Waals surface area contributed by atoms with Crippen LogP contribution < -0.4 is 10.6 Å². The predicted molar refractivity (Wildman–Crippen MR) is 73.1 cm³/mol. The molecular formula is C13H29N3O. The van der Waals surface area contributed by atoms with Crippen LogP contribution >= 0.6 is 0 Å². The van der Waals surface area contributed by atoms with Gasteiger partial charge in [-0.2, -0.15) is 0 Å². The Kier molecular flexibility index (Phi) is 9.09. The van der Waals surface area contributed by atoms with Crippen LogP contribution in [0.3, 0.4) is 0 Å². The van der Waals surface area contributed by atoms with E-state index in [9.17, 15) is 4.79 Å². The first-order chi connectivity index (χ1) is 8.04. The van der Waals surface area contributed by atoms with Gasteiger partial charge in [0.15, 0.2) is 0 Å². The lowest BCUT2D eigenvalue weighted by atomic mass is 10.2. The highest BCUT2D eigenvalue weighted by Gasteiger charge is 2.25. The van der Waals surface area contributed by atoms with Gasteiger partial charge in [-0.3, -0.25) is 9.69 Å². The van der Waals surface area contributed by atoms with Crippen LogP contribution in [0.15, 0.2) is 0 Å². The second kappa shape index (κ2) is 9.42. The Morgan fingerprint density at radius 2 is 2.06 bits per heavy atom. The first kappa shape index (κ1) is 16.4. The molecule has 0 aromatic carbocycles. The molecule has 4 heteroatoms. The summed E-state index contributed by atoms with van der Waals surface area (Å²) >= 11 is 0. The van der Waals surface area contributed by atoms with Crippen molar-refractivity contribution in [2.45, 2.75) is 52.6 Å². The van der Waals surface area contributed by atoms with Crippen LogP contribution in [0.1, 0.15) is 40.5 Å². The minimum absolute atomic E-state index is 0.0935. The largest absolute Gasteiger partial charge is 0.352 e. The molecule has 0 saturated carbocycles. The van der Waals surface area contributed by atoms with Gasteiger partial charge in [0.05, 0.1) is 0 Å². The number of hydrogen-bond acceptors (Lipinski definition) is 3. The van der Waals surface area contributed by atoms with E-state index >= 15 is 0 Å². The van der Waals surface area contributed by atoms with Gasteiger partial charge in [-0.1, -0.05) is 13.8 Å². The molecule has 0 aromatic heterocycles. The maximum Gasteiger partial charge on any atom is 0.217 e. The molecule has 0 aromatic rings. The fraction of sp³-hybridized carbons (Fsp3) is 0.923.